The lowest BCUT2D eigenvalue weighted by Crippen LogP contribution is -2.20. The maximum atomic E-state index is 10.8. The van der Waals surface area contributed by atoms with Gasteiger partial charge in [-0.3, -0.25) is 4.79 Å². The number of thiazole rings is 1. The Balaban J connectivity index is 1.45. The van der Waals surface area contributed by atoms with E-state index in [0.717, 1.165) is 63.7 Å². The second-order valence-electron chi connectivity index (χ2n) is 8.96. The minimum atomic E-state index is -0.667. The highest BCUT2D eigenvalue weighted by Crippen LogP contribution is 2.40. The van der Waals surface area contributed by atoms with Gasteiger partial charge in [-0.05, 0) is 87.6 Å². The van der Waals surface area contributed by atoms with E-state index in [1.807, 2.05) is 11.3 Å². The normalized spacial score (nSPS) is 22.8. The summed E-state index contributed by atoms with van der Waals surface area (Å²) in [6.45, 7) is 4.49. The fourth-order valence-electron chi connectivity index (χ4n) is 4.91. The lowest BCUT2D eigenvalue weighted by Gasteiger charge is -2.26. The molecule has 2 heterocycles. The Bertz CT molecular complexity index is 868. The van der Waals surface area contributed by atoms with E-state index in [1.54, 1.807) is 0 Å². The number of carbonyl (C=O) groups is 1. The first-order chi connectivity index (χ1) is 14.0. The molecule has 1 aromatic heterocycles. The van der Waals surface area contributed by atoms with Crippen LogP contribution >= 0.6 is 11.3 Å². The second kappa shape index (κ2) is 8.97. The minimum absolute atomic E-state index is 0.310. The molecule has 2 aromatic rings. The Labute approximate surface area is 178 Å². The zero-order valence-electron chi connectivity index (χ0n) is 17.6. The zero-order valence-corrected chi connectivity index (χ0v) is 18.4. The van der Waals surface area contributed by atoms with Gasteiger partial charge < -0.3 is 10.0 Å². The van der Waals surface area contributed by atoms with Crippen molar-refractivity contribution in [2.45, 2.75) is 64.2 Å². The molecular formula is C24H32N2O2S. The van der Waals surface area contributed by atoms with Crippen molar-refractivity contribution in [2.75, 3.05) is 20.1 Å². The molecule has 1 N–H and O–H groups in total. The van der Waals surface area contributed by atoms with E-state index in [9.17, 15) is 4.79 Å². The van der Waals surface area contributed by atoms with Crippen molar-refractivity contribution < 1.29 is 9.90 Å². The molecule has 1 aromatic carbocycles. The number of fused-ring (bicyclic) bond motifs is 1. The Morgan fingerprint density at radius 2 is 1.86 bits per heavy atom. The highest BCUT2D eigenvalue weighted by molar-refractivity contribution is 7.10. The van der Waals surface area contributed by atoms with Crippen LogP contribution in [0.25, 0.3) is 11.3 Å². The number of likely N-dealkylation sites (N-methyl/N-ethyl adjacent to an activating group) is 1. The number of hydrogen-bond donors (Lipinski definition) is 1. The van der Waals surface area contributed by atoms with Gasteiger partial charge in [-0.25, -0.2) is 4.98 Å². The van der Waals surface area contributed by atoms with Gasteiger partial charge in [0.25, 0.3) is 0 Å². The van der Waals surface area contributed by atoms with Crippen molar-refractivity contribution in [3.8, 4) is 11.3 Å². The third-order valence-corrected chi connectivity index (χ3v) is 7.84. The molecule has 29 heavy (non-hydrogen) atoms. The van der Waals surface area contributed by atoms with Crippen LogP contribution in [-0.2, 0) is 17.6 Å². The molecule has 2 aliphatic rings. The number of hydrogen-bond acceptors (Lipinski definition) is 4. The molecule has 0 atom stereocenters. The van der Waals surface area contributed by atoms with Gasteiger partial charge in [0.2, 0.25) is 0 Å². The Kier molecular flexibility index (Phi) is 6.35. The predicted molar refractivity (Wildman–Crippen MR) is 119 cm³/mol. The molecule has 0 unspecified atom stereocenters. The summed E-state index contributed by atoms with van der Waals surface area (Å²) in [5.41, 5.74) is 6.76. The van der Waals surface area contributed by atoms with Crippen LogP contribution < -0.4 is 0 Å². The quantitative estimate of drug-likeness (QED) is 0.725. The number of carboxylic acids is 1. The lowest BCUT2D eigenvalue weighted by atomic mass is 9.80. The Morgan fingerprint density at radius 1 is 1.17 bits per heavy atom. The van der Waals surface area contributed by atoms with Gasteiger partial charge in [-0.15, -0.1) is 11.3 Å². The first-order valence-corrected chi connectivity index (χ1v) is 11.9. The minimum Gasteiger partial charge on any atom is -0.481 e. The highest BCUT2D eigenvalue weighted by Gasteiger charge is 2.25. The number of aliphatic carboxylic acids is 1. The largest absolute Gasteiger partial charge is 0.481 e. The molecule has 1 aliphatic heterocycles. The van der Waals surface area contributed by atoms with Crippen LogP contribution in [0.5, 0.6) is 0 Å². The monoisotopic (exact) mass is 412 g/mol. The van der Waals surface area contributed by atoms with Gasteiger partial charge in [0, 0.05) is 36.4 Å². The van der Waals surface area contributed by atoms with Crippen LogP contribution in [0.4, 0.5) is 0 Å². The van der Waals surface area contributed by atoms with Crippen LogP contribution in [0.1, 0.15) is 66.1 Å². The molecule has 5 heteroatoms. The maximum Gasteiger partial charge on any atom is 0.303 e. The van der Waals surface area contributed by atoms with E-state index >= 15 is 0 Å². The number of rotatable bonds is 5. The van der Waals surface area contributed by atoms with E-state index in [4.69, 9.17) is 10.1 Å². The van der Waals surface area contributed by atoms with Crippen LogP contribution in [-0.4, -0.2) is 41.1 Å². The molecule has 1 aliphatic carbocycles. The first kappa shape index (κ1) is 20.5. The number of carboxylic acid groups (broad SMARTS) is 1. The topological polar surface area (TPSA) is 53.4 Å². The lowest BCUT2D eigenvalue weighted by molar-refractivity contribution is -0.137. The third kappa shape index (κ3) is 4.89. The van der Waals surface area contributed by atoms with Crippen LogP contribution in [0.15, 0.2) is 17.5 Å². The molecule has 1 fully saturated rings. The summed E-state index contributed by atoms with van der Waals surface area (Å²) in [4.78, 5) is 18.3. The molecule has 0 amide bonds. The maximum absolute atomic E-state index is 10.8. The van der Waals surface area contributed by atoms with E-state index in [1.165, 1.54) is 27.3 Å². The summed E-state index contributed by atoms with van der Waals surface area (Å²) < 4.78 is 0. The fraction of sp³-hybridized carbons (Fsp3) is 0.583. The van der Waals surface area contributed by atoms with Crippen LogP contribution in [0, 0.1) is 12.8 Å². The van der Waals surface area contributed by atoms with Crippen molar-refractivity contribution in [3.63, 3.8) is 0 Å². The smallest absolute Gasteiger partial charge is 0.303 e. The summed E-state index contributed by atoms with van der Waals surface area (Å²) in [7, 11) is 2.21. The van der Waals surface area contributed by atoms with Crippen molar-refractivity contribution in [3.05, 3.63) is 39.2 Å². The molecule has 0 saturated heterocycles. The SMILES string of the molecule is Cc1cc2c(cc1-c1csc(C3CCC(CCC(=O)O)CC3)n1)CCN(C)CC2. The fourth-order valence-corrected chi connectivity index (χ4v) is 5.90. The second-order valence-corrected chi connectivity index (χ2v) is 9.85. The van der Waals surface area contributed by atoms with Crippen LogP contribution in [0.2, 0.25) is 0 Å². The van der Waals surface area contributed by atoms with Crippen molar-refractivity contribution in [1.82, 2.24) is 9.88 Å². The summed E-state index contributed by atoms with van der Waals surface area (Å²) in [6.07, 6.45) is 7.96. The van der Waals surface area contributed by atoms with Crippen molar-refractivity contribution in [2.24, 2.45) is 5.92 Å². The van der Waals surface area contributed by atoms with E-state index < -0.39 is 5.97 Å². The van der Waals surface area contributed by atoms with E-state index in [2.05, 4.69) is 36.4 Å². The molecular weight excluding hydrogens is 380 g/mol. The molecule has 156 valence electrons. The summed E-state index contributed by atoms with van der Waals surface area (Å²) in [6, 6.07) is 4.78. The van der Waals surface area contributed by atoms with Gasteiger partial charge in [0.15, 0.2) is 0 Å². The number of aromatic nitrogens is 1. The van der Waals surface area contributed by atoms with Gasteiger partial charge in [-0.1, -0.05) is 6.07 Å². The molecule has 1 saturated carbocycles. The summed E-state index contributed by atoms with van der Waals surface area (Å²) >= 11 is 1.81. The number of benzene rings is 1. The predicted octanol–water partition coefficient (Wildman–Crippen LogP) is 5.29. The molecule has 0 bridgehead atoms. The molecule has 4 rings (SSSR count). The third-order valence-electron chi connectivity index (χ3n) is 6.83. The summed E-state index contributed by atoms with van der Waals surface area (Å²) in [5.74, 6) is 0.454. The van der Waals surface area contributed by atoms with Gasteiger partial charge >= 0.3 is 5.97 Å². The van der Waals surface area contributed by atoms with Gasteiger partial charge in [0.1, 0.15) is 0 Å². The molecule has 4 nitrogen and oxygen atoms in total. The zero-order chi connectivity index (χ0) is 20.4. The van der Waals surface area contributed by atoms with Crippen LogP contribution in [0.3, 0.4) is 0 Å². The van der Waals surface area contributed by atoms with E-state index in [0.29, 0.717) is 18.3 Å². The number of aryl methyl sites for hydroxylation is 1. The first-order valence-electron chi connectivity index (χ1n) is 11.0. The molecule has 0 radical (unpaired) electrons. The molecule has 0 spiro atoms. The Hall–Kier alpha value is -1.72. The average molecular weight is 413 g/mol. The highest BCUT2D eigenvalue weighted by atomic mass is 32.1. The van der Waals surface area contributed by atoms with Crippen molar-refractivity contribution >= 4 is 17.3 Å². The van der Waals surface area contributed by atoms with Crippen molar-refractivity contribution in [1.29, 1.82) is 0 Å². The van der Waals surface area contributed by atoms with Gasteiger partial charge in [0.05, 0.1) is 10.7 Å². The average Bonchev–Trinajstić information content (AvgIpc) is 3.12. The standard InChI is InChI=1S/C24H32N2O2S/c1-16-13-19-9-11-26(2)12-10-20(19)14-21(16)22-15-29-24(25-22)18-6-3-17(4-7-18)5-8-23(27)28/h13-15,17-18H,3-12H2,1-2H3,(H,27,28). The van der Waals surface area contributed by atoms with E-state index in [-0.39, 0.29) is 0 Å². The van der Waals surface area contributed by atoms with Gasteiger partial charge in [-0.2, -0.15) is 0 Å². The summed E-state index contributed by atoms with van der Waals surface area (Å²) in [5, 5.41) is 12.4. The number of nitrogens with zero attached hydrogens (tertiary/aromatic N) is 2. The Morgan fingerprint density at radius 3 is 2.55 bits per heavy atom.